The van der Waals surface area contributed by atoms with Gasteiger partial charge in [0.25, 0.3) is 0 Å². The maximum Gasteiger partial charge on any atom is 0.240 e. The van der Waals surface area contributed by atoms with Crippen LogP contribution in [0.25, 0.3) is 0 Å². The minimum atomic E-state index is -3.65. The number of hydrogen-bond acceptors (Lipinski definition) is 4. The predicted molar refractivity (Wildman–Crippen MR) is 98.1 cm³/mol. The molecule has 0 fully saturated rings. The summed E-state index contributed by atoms with van der Waals surface area (Å²) in [5.74, 6) is -0.0794. The van der Waals surface area contributed by atoms with Crippen molar-refractivity contribution in [3.8, 4) is 0 Å². The Morgan fingerprint density at radius 2 is 1.96 bits per heavy atom. The van der Waals surface area contributed by atoms with Crippen molar-refractivity contribution in [2.45, 2.75) is 50.5 Å². The first-order chi connectivity index (χ1) is 10.7. The average Bonchev–Trinajstić information content (AvgIpc) is 2.96. The molecule has 0 spiro atoms. The van der Waals surface area contributed by atoms with E-state index in [4.69, 9.17) is 5.73 Å². The molecule has 8 heteroatoms. The van der Waals surface area contributed by atoms with Crippen molar-refractivity contribution in [2.75, 3.05) is 18.0 Å². The van der Waals surface area contributed by atoms with Gasteiger partial charge in [0.15, 0.2) is 0 Å². The van der Waals surface area contributed by atoms with Gasteiger partial charge in [-0.15, -0.1) is 12.4 Å². The Bertz CT molecular complexity index is 703. The lowest BCUT2D eigenvalue weighted by molar-refractivity contribution is -0.116. The van der Waals surface area contributed by atoms with Crippen molar-refractivity contribution >= 4 is 34.0 Å². The predicted octanol–water partition coefficient (Wildman–Crippen LogP) is 1.81. The topological polar surface area (TPSA) is 92.5 Å². The fourth-order valence-electron chi connectivity index (χ4n) is 2.68. The van der Waals surface area contributed by atoms with Crippen molar-refractivity contribution in [2.24, 2.45) is 5.73 Å². The molecule has 0 atom stereocenters. The van der Waals surface area contributed by atoms with Gasteiger partial charge in [-0.25, -0.2) is 13.1 Å². The Morgan fingerprint density at radius 3 is 2.50 bits per heavy atom. The Hall–Kier alpha value is -1.15. The lowest BCUT2D eigenvalue weighted by Crippen LogP contribution is -2.49. The number of sulfonamides is 1. The molecule has 0 saturated carbocycles. The van der Waals surface area contributed by atoms with Crippen LogP contribution in [-0.2, 0) is 21.2 Å². The minimum Gasteiger partial charge on any atom is -0.324 e. The van der Waals surface area contributed by atoms with E-state index in [1.807, 2.05) is 13.8 Å². The molecule has 1 heterocycles. The number of amides is 1. The Balaban J connectivity index is 0.00000288. The highest BCUT2D eigenvalue weighted by molar-refractivity contribution is 7.89. The molecule has 0 bridgehead atoms. The second-order valence-electron chi connectivity index (χ2n) is 6.11. The Kier molecular flexibility index (Phi) is 6.81. The fraction of sp³-hybridized carbons (Fsp3) is 0.562. The van der Waals surface area contributed by atoms with Gasteiger partial charge in [0.2, 0.25) is 15.9 Å². The highest BCUT2D eigenvalue weighted by Gasteiger charge is 2.27. The molecule has 1 amide bonds. The molecule has 1 aromatic carbocycles. The zero-order valence-electron chi connectivity index (χ0n) is 14.3. The van der Waals surface area contributed by atoms with Crippen molar-refractivity contribution in [3.63, 3.8) is 0 Å². The largest absolute Gasteiger partial charge is 0.324 e. The zero-order chi connectivity index (χ0) is 17.3. The van der Waals surface area contributed by atoms with Gasteiger partial charge in [-0.3, -0.25) is 4.79 Å². The number of carbonyl (C=O) groups excluding carboxylic acids is 1. The lowest BCUT2D eigenvalue weighted by Gasteiger charge is -2.26. The Labute approximate surface area is 150 Å². The first-order valence-electron chi connectivity index (χ1n) is 7.92. The standard InChI is InChI=1S/C16H25N3O3S.ClH/c1-4-16(17,5-2)11-18-23(21,22)14-7-6-13-8-9-19(12(3)20)15(13)10-14;/h6-7,10,18H,4-5,8-9,11,17H2,1-3H3;1H. The van der Waals surface area contributed by atoms with Crippen LogP contribution in [0.4, 0.5) is 5.69 Å². The summed E-state index contributed by atoms with van der Waals surface area (Å²) in [6.07, 6.45) is 2.13. The third-order valence-electron chi connectivity index (χ3n) is 4.67. The maximum atomic E-state index is 12.5. The van der Waals surface area contributed by atoms with Gasteiger partial charge < -0.3 is 10.6 Å². The SMILES string of the molecule is CCC(N)(CC)CNS(=O)(=O)c1ccc2c(c1)N(C(C)=O)CC2.Cl. The number of fused-ring (bicyclic) bond motifs is 1. The smallest absolute Gasteiger partial charge is 0.240 e. The Morgan fingerprint density at radius 1 is 1.33 bits per heavy atom. The van der Waals surface area contributed by atoms with Crippen LogP contribution in [0.15, 0.2) is 23.1 Å². The van der Waals surface area contributed by atoms with Crippen LogP contribution in [0.5, 0.6) is 0 Å². The quantitative estimate of drug-likeness (QED) is 0.793. The summed E-state index contributed by atoms with van der Waals surface area (Å²) < 4.78 is 27.6. The molecule has 2 rings (SSSR count). The molecule has 0 radical (unpaired) electrons. The van der Waals surface area contributed by atoms with Gasteiger partial charge in [-0.1, -0.05) is 19.9 Å². The number of nitrogens with two attached hydrogens (primary N) is 1. The molecule has 24 heavy (non-hydrogen) atoms. The van der Waals surface area contributed by atoms with Gasteiger partial charge in [-0.2, -0.15) is 0 Å². The number of rotatable bonds is 6. The van der Waals surface area contributed by atoms with Crippen LogP contribution in [0.3, 0.4) is 0 Å². The molecule has 3 N–H and O–H groups in total. The molecule has 1 aromatic rings. The molecular formula is C16H26ClN3O3S. The third-order valence-corrected chi connectivity index (χ3v) is 6.06. The van der Waals surface area contributed by atoms with Crippen LogP contribution >= 0.6 is 12.4 Å². The minimum absolute atomic E-state index is 0. The molecule has 0 unspecified atom stereocenters. The van der Waals surface area contributed by atoms with E-state index in [0.717, 1.165) is 12.0 Å². The first kappa shape index (κ1) is 20.9. The van der Waals surface area contributed by atoms with Crippen LogP contribution in [0, 0.1) is 0 Å². The molecule has 6 nitrogen and oxygen atoms in total. The highest BCUT2D eigenvalue weighted by Crippen LogP contribution is 2.30. The third kappa shape index (κ3) is 4.27. The number of nitrogens with zero attached hydrogens (tertiary/aromatic N) is 1. The number of benzene rings is 1. The van der Waals surface area contributed by atoms with E-state index in [0.29, 0.717) is 25.1 Å². The van der Waals surface area contributed by atoms with E-state index in [2.05, 4.69) is 4.72 Å². The van der Waals surface area contributed by atoms with Gasteiger partial charge in [0.1, 0.15) is 0 Å². The monoisotopic (exact) mass is 375 g/mol. The van der Waals surface area contributed by atoms with Gasteiger partial charge >= 0.3 is 0 Å². The van der Waals surface area contributed by atoms with Gasteiger partial charge in [0, 0.05) is 31.2 Å². The zero-order valence-corrected chi connectivity index (χ0v) is 16.0. The molecule has 0 saturated heterocycles. The fourth-order valence-corrected chi connectivity index (χ4v) is 3.83. The summed E-state index contributed by atoms with van der Waals surface area (Å²) in [6.45, 7) is 6.16. The second kappa shape index (κ2) is 7.82. The van der Waals surface area contributed by atoms with E-state index in [1.54, 1.807) is 23.1 Å². The van der Waals surface area contributed by atoms with Crippen molar-refractivity contribution in [1.82, 2.24) is 4.72 Å². The number of nitrogens with one attached hydrogen (secondary N) is 1. The number of anilines is 1. The molecule has 1 aliphatic rings. The summed E-state index contributed by atoms with van der Waals surface area (Å²) in [4.78, 5) is 13.4. The van der Waals surface area contributed by atoms with E-state index in [9.17, 15) is 13.2 Å². The number of halogens is 1. The number of hydrogen-bond donors (Lipinski definition) is 2. The van der Waals surface area contributed by atoms with E-state index in [-0.39, 0.29) is 29.8 Å². The molecule has 0 aromatic heterocycles. The average molecular weight is 376 g/mol. The number of carbonyl (C=O) groups is 1. The van der Waals surface area contributed by atoms with Crippen LogP contribution in [-0.4, -0.2) is 33.0 Å². The summed E-state index contributed by atoms with van der Waals surface area (Å²) in [6, 6.07) is 4.94. The second-order valence-corrected chi connectivity index (χ2v) is 7.87. The lowest BCUT2D eigenvalue weighted by atomic mass is 9.95. The maximum absolute atomic E-state index is 12.5. The summed E-state index contributed by atoms with van der Waals surface area (Å²) in [5, 5.41) is 0. The van der Waals surface area contributed by atoms with Crippen molar-refractivity contribution in [1.29, 1.82) is 0 Å². The molecule has 0 aliphatic carbocycles. The van der Waals surface area contributed by atoms with Crippen LogP contribution in [0.2, 0.25) is 0 Å². The molecule has 1 aliphatic heterocycles. The highest BCUT2D eigenvalue weighted by atomic mass is 35.5. The normalized spacial score (nSPS) is 14.2. The summed E-state index contributed by atoms with van der Waals surface area (Å²) in [7, 11) is -3.65. The van der Waals surface area contributed by atoms with E-state index < -0.39 is 15.6 Å². The van der Waals surface area contributed by atoms with Gasteiger partial charge in [-0.05, 0) is 37.0 Å². The first-order valence-corrected chi connectivity index (χ1v) is 9.40. The summed E-state index contributed by atoms with van der Waals surface area (Å²) >= 11 is 0. The molecular weight excluding hydrogens is 350 g/mol. The molecule has 136 valence electrons. The van der Waals surface area contributed by atoms with E-state index in [1.165, 1.54) is 6.92 Å². The van der Waals surface area contributed by atoms with E-state index >= 15 is 0 Å². The van der Waals surface area contributed by atoms with Crippen LogP contribution in [0.1, 0.15) is 39.2 Å². The van der Waals surface area contributed by atoms with Gasteiger partial charge in [0.05, 0.1) is 4.90 Å². The van der Waals surface area contributed by atoms with Crippen molar-refractivity contribution in [3.05, 3.63) is 23.8 Å². The van der Waals surface area contributed by atoms with Crippen molar-refractivity contribution < 1.29 is 13.2 Å². The van der Waals surface area contributed by atoms with Crippen LogP contribution < -0.4 is 15.4 Å². The summed E-state index contributed by atoms with van der Waals surface area (Å²) in [5.41, 5.74) is 7.29.